The van der Waals surface area contributed by atoms with Gasteiger partial charge < -0.3 is 15.5 Å². The molecule has 4 heteroatoms. The molecule has 0 radical (unpaired) electrons. The monoisotopic (exact) mass is 257 g/mol. The minimum Gasteiger partial charge on any atom is -0.497 e. The highest BCUT2D eigenvalue weighted by molar-refractivity contribution is 5.60. The van der Waals surface area contributed by atoms with E-state index >= 15 is 0 Å². The maximum Gasteiger partial charge on any atom is 0.126 e. The minimum absolute atomic E-state index is 0.267. The number of nitrogens with zero attached hydrogens (tertiary/aromatic N) is 1. The molecule has 0 bridgehead atoms. The lowest BCUT2D eigenvalue weighted by molar-refractivity contribution is 0.415. The van der Waals surface area contributed by atoms with E-state index in [4.69, 9.17) is 10.5 Å². The first kappa shape index (κ1) is 12.2. The van der Waals surface area contributed by atoms with E-state index in [0.717, 1.165) is 35.7 Å². The molecule has 1 saturated carbocycles. The van der Waals surface area contributed by atoms with Crippen molar-refractivity contribution in [2.24, 2.45) is 5.73 Å². The summed E-state index contributed by atoms with van der Waals surface area (Å²) in [5.41, 5.74) is 8.20. The number of hydrogen-bond acceptors (Lipinski definition) is 3. The number of imidazole rings is 1. The normalized spacial score (nSPS) is 17.6. The lowest BCUT2D eigenvalue weighted by Crippen LogP contribution is -2.34. The van der Waals surface area contributed by atoms with Gasteiger partial charge in [0, 0.05) is 5.56 Å². The summed E-state index contributed by atoms with van der Waals surface area (Å²) in [7, 11) is 1.67. The van der Waals surface area contributed by atoms with Gasteiger partial charge in [0.1, 0.15) is 11.6 Å². The molecule has 0 saturated heterocycles. The third kappa shape index (κ3) is 2.24. The Bertz CT molecular complexity index is 570. The summed E-state index contributed by atoms with van der Waals surface area (Å²) in [6.07, 6.45) is 6.25. The van der Waals surface area contributed by atoms with Gasteiger partial charge in [0.25, 0.3) is 0 Å². The van der Waals surface area contributed by atoms with Crippen LogP contribution in [-0.2, 0) is 5.54 Å². The summed E-state index contributed by atoms with van der Waals surface area (Å²) in [5.74, 6) is 1.75. The SMILES string of the molecule is COc1cccc(-c2cnc(C3(N)CCCC3)[nH]2)c1. The Morgan fingerprint density at radius 2 is 2.11 bits per heavy atom. The quantitative estimate of drug-likeness (QED) is 0.888. The Labute approximate surface area is 113 Å². The van der Waals surface area contributed by atoms with Crippen LogP contribution < -0.4 is 10.5 Å². The molecule has 2 aromatic rings. The Kier molecular flexibility index (Phi) is 3.03. The van der Waals surface area contributed by atoms with Crippen LogP contribution in [0.3, 0.4) is 0 Å². The molecule has 0 spiro atoms. The maximum absolute atomic E-state index is 6.41. The molecular weight excluding hydrogens is 238 g/mol. The third-order valence-electron chi connectivity index (χ3n) is 3.92. The van der Waals surface area contributed by atoms with E-state index in [-0.39, 0.29) is 5.54 Å². The number of aromatic amines is 1. The van der Waals surface area contributed by atoms with E-state index in [0.29, 0.717) is 0 Å². The minimum atomic E-state index is -0.267. The van der Waals surface area contributed by atoms with E-state index in [1.54, 1.807) is 7.11 Å². The van der Waals surface area contributed by atoms with Gasteiger partial charge in [0.15, 0.2) is 0 Å². The van der Waals surface area contributed by atoms with Crippen molar-refractivity contribution in [2.75, 3.05) is 7.11 Å². The second-order valence-corrected chi connectivity index (χ2v) is 5.24. The van der Waals surface area contributed by atoms with Crippen LogP contribution in [0.4, 0.5) is 0 Å². The van der Waals surface area contributed by atoms with Gasteiger partial charge in [-0.25, -0.2) is 4.98 Å². The molecule has 0 unspecified atom stereocenters. The van der Waals surface area contributed by atoms with Gasteiger partial charge >= 0.3 is 0 Å². The van der Waals surface area contributed by atoms with Crippen molar-refractivity contribution >= 4 is 0 Å². The van der Waals surface area contributed by atoms with Crippen molar-refractivity contribution in [3.8, 4) is 17.0 Å². The molecule has 100 valence electrons. The highest BCUT2D eigenvalue weighted by Crippen LogP contribution is 2.35. The molecule has 4 nitrogen and oxygen atoms in total. The van der Waals surface area contributed by atoms with Crippen LogP contribution in [0.25, 0.3) is 11.3 Å². The first-order valence-corrected chi connectivity index (χ1v) is 6.70. The Hall–Kier alpha value is -1.81. The summed E-state index contributed by atoms with van der Waals surface area (Å²) >= 11 is 0. The molecular formula is C15H19N3O. The molecule has 0 aliphatic heterocycles. The van der Waals surface area contributed by atoms with Crippen molar-refractivity contribution in [3.05, 3.63) is 36.3 Å². The number of rotatable bonds is 3. The fourth-order valence-corrected chi connectivity index (χ4v) is 2.75. The van der Waals surface area contributed by atoms with Crippen LogP contribution in [-0.4, -0.2) is 17.1 Å². The molecule has 1 aromatic carbocycles. The number of ether oxygens (including phenoxy) is 1. The second kappa shape index (κ2) is 4.70. The van der Waals surface area contributed by atoms with Gasteiger partial charge in [-0.3, -0.25) is 0 Å². The van der Waals surface area contributed by atoms with Crippen molar-refractivity contribution in [1.82, 2.24) is 9.97 Å². The van der Waals surface area contributed by atoms with Crippen molar-refractivity contribution in [3.63, 3.8) is 0 Å². The zero-order valence-electron chi connectivity index (χ0n) is 11.1. The molecule has 1 aliphatic carbocycles. The van der Waals surface area contributed by atoms with E-state index in [9.17, 15) is 0 Å². The van der Waals surface area contributed by atoms with Gasteiger partial charge in [0.05, 0.1) is 24.5 Å². The van der Waals surface area contributed by atoms with Gasteiger partial charge in [-0.2, -0.15) is 0 Å². The zero-order valence-corrected chi connectivity index (χ0v) is 11.1. The molecule has 1 aliphatic rings. The number of nitrogens with two attached hydrogens (primary N) is 1. The number of methoxy groups -OCH3 is 1. The van der Waals surface area contributed by atoms with Crippen LogP contribution in [0.15, 0.2) is 30.5 Å². The summed E-state index contributed by atoms with van der Waals surface area (Å²) in [6, 6.07) is 7.94. The molecule has 3 rings (SSSR count). The highest BCUT2D eigenvalue weighted by Gasteiger charge is 2.33. The first-order valence-electron chi connectivity index (χ1n) is 6.70. The van der Waals surface area contributed by atoms with Crippen LogP contribution in [0.2, 0.25) is 0 Å². The van der Waals surface area contributed by atoms with Crippen LogP contribution in [0, 0.1) is 0 Å². The summed E-state index contributed by atoms with van der Waals surface area (Å²) in [5, 5.41) is 0. The van der Waals surface area contributed by atoms with E-state index in [2.05, 4.69) is 9.97 Å². The predicted octanol–water partition coefficient (Wildman–Crippen LogP) is 2.81. The summed E-state index contributed by atoms with van der Waals surface area (Å²) < 4.78 is 5.24. The van der Waals surface area contributed by atoms with E-state index in [1.807, 2.05) is 30.5 Å². The Balaban J connectivity index is 1.92. The van der Waals surface area contributed by atoms with Crippen LogP contribution >= 0.6 is 0 Å². The smallest absolute Gasteiger partial charge is 0.126 e. The Morgan fingerprint density at radius 3 is 2.84 bits per heavy atom. The van der Waals surface area contributed by atoms with Crippen LogP contribution in [0.5, 0.6) is 5.75 Å². The summed E-state index contributed by atoms with van der Waals surface area (Å²) in [6.45, 7) is 0. The lowest BCUT2D eigenvalue weighted by atomic mass is 9.99. The molecule has 3 N–H and O–H groups in total. The highest BCUT2D eigenvalue weighted by atomic mass is 16.5. The average Bonchev–Trinajstić information content (AvgIpc) is 3.08. The molecule has 1 fully saturated rings. The standard InChI is InChI=1S/C15H19N3O/c1-19-12-6-4-5-11(9-12)13-10-17-14(18-13)15(16)7-2-3-8-15/h4-6,9-10H,2-3,7-8,16H2,1H3,(H,17,18). The summed E-state index contributed by atoms with van der Waals surface area (Å²) in [4.78, 5) is 7.85. The molecule has 0 amide bonds. The topological polar surface area (TPSA) is 63.9 Å². The van der Waals surface area contributed by atoms with Gasteiger partial charge in [0.2, 0.25) is 0 Å². The number of benzene rings is 1. The average molecular weight is 257 g/mol. The molecule has 1 heterocycles. The van der Waals surface area contributed by atoms with Gasteiger partial charge in [-0.05, 0) is 25.0 Å². The van der Waals surface area contributed by atoms with E-state index < -0.39 is 0 Å². The fourth-order valence-electron chi connectivity index (χ4n) is 2.75. The number of nitrogens with one attached hydrogen (secondary N) is 1. The molecule has 19 heavy (non-hydrogen) atoms. The zero-order chi connectivity index (χ0) is 13.3. The van der Waals surface area contributed by atoms with Crippen molar-refractivity contribution in [2.45, 2.75) is 31.2 Å². The van der Waals surface area contributed by atoms with Gasteiger partial charge in [-0.15, -0.1) is 0 Å². The molecule has 1 aromatic heterocycles. The largest absolute Gasteiger partial charge is 0.497 e. The van der Waals surface area contributed by atoms with Crippen LogP contribution in [0.1, 0.15) is 31.5 Å². The lowest BCUT2D eigenvalue weighted by Gasteiger charge is -2.20. The maximum atomic E-state index is 6.41. The van der Waals surface area contributed by atoms with Gasteiger partial charge in [-0.1, -0.05) is 25.0 Å². The predicted molar refractivity (Wildman–Crippen MR) is 74.9 cm³/mol. The van der Waals surface area contributed by atoms with E-state index in [1.165, 1.54) is 12.8 Å². The number of aromatic nitrogens is 2. The fraction of sp³-hybridized carbons (Fsp3) is 0.400. The number of H-pyrrole nitrogens is 1. The van der Waals surface area contributed by atoms with Crippen molar-refractivity contribution < 1.29 is 4.74 Å². The third-order valence-corrected chi connectivity index (χ3v) is 3.92. The first-order chi connectivity index (χ1) is 9.21. The second-order valence-electron chi connectivity index (χ2n) is 5.24. The number of hydrogen-bond donors (Lipinski definition) is 2. The Morgan fingerprint density at radius 1 is 1.32 bits per heavy atom. The molecule has 0 atom stereocenters. The van der Waals surface area contributed by atoms with Crippen molar-refractivity contribution in [1.29, 1.82) is 0 Å².